The van der Waals surface area contributed by atoms with Gasteiger partial charge in [0, 0.05) is 25.0 Å². The molecule has 1 heterocycles. The van der Waals surface area contributed by atoms with Crippen LogP contribution in [0.3, 0.4) is 0 Å². The van der Waals surface area contributed by atoms with E-state index in [-0.39, 0.29) is 17.6 Å². The number of amides is 1. The third-order valence-electron chi connectivity index (χ3n) is 5.09. The van der Waals surface area contributed by atoms with Crippen LogP contribution in [-0.2, 0) is 17.9 Å². The van der Waals surface area contributed by atoms with Gasteiger partial charge >= 0.3 is 0 Å². The van der Waals surface area contributed by atoms with Crippen LogP contribution in [0.2, 0.25) is 0 Å². The van der Waals surface area contributed by atoms with Crippen molar-refractivity contribution in [3.8, 4) is 0 Å². The highest BCUT2D eigenvalue weighted by atomic mass is 19.1. The normalized spacial score (nSPS) is 11.8. The van der Waals surface area contributed by atoms with Crippen LogP contribution in [0.4, 0.5) is 4.39 Å². The molecule has 0 bridgehead atoms. The van der Waals surface area contributed by atoms with Crippen LogP contribution in [-0.4, -0.2) is 21.9 Å². The van der Waals surface area contributed by atoms with Crippen molar-refractivity contribution in [1.29, 1.82) is 0 Å². The second kappa shape index (κ2) is 9.87. The lowest BCUT2D eigenvalue weighted by Crippen LogP contribution is -2.35. The van der Waals surface area contributed by atoms with Crippen LogP contribution < -0.4 is 0 Å². The van der Waals surface area contributed by atoms with Crippen molar-refractivity contribution < 1.29 is 9.18 Å². The summed E-state index contributed by atoms with van der Waals surface area (Å²) < 4.78 is 15.6. The monoisotopic (exact) mass is 390 g/mol. The van der Waals surface area contributed by atoms with Gasteiger partial charge in [0.2, 0.25) is 5.91 Å². The molecule has 0 aliphatic carbocycles. The van der Waals surface area contributed by atoms with Crippen molar-refractivity contribution >= 4 is 5.91 Å². The number of rotatable bonds is 9. The lowest BCUT2D eigenvalue weighted by atomic mass is 9.95. The highest BCUT2D eigenvalue weighted by Crippen LogP contribution is 2.23. The van der Waals surface area contributed by atoms with Crippen molar-refractivity contribution in [2.45, 2.75) is 32.4 Å². The Hall–Kier alpha value is -3.14. The zero-order valence-electron chi connectivity index (χ0n) is 16.8. The van der Waals surface area contributed by atoms with Crippen LogP contribution in [0.5, 0.6) is 0 Å². The minimum Gasteiger partial charge on any atom is -0.345 e. The number of hydrogen-bond acceptors (Lipinski definition) is 1. The molecule has 0 aliphatic heterocycles. The molecule has 1 amide bonds. The molecule has 0 N–H and O–H groups in total. The number of aromatic nitrogens is 1. The number of halogens is 1. The first-order valence-corrected chi connectivity index (χ1v) is 9.95. The van der Waals surface area contributed by atoms with E-state index >= 15 is 0 Å². The van der Waals surface area contributed by atoms with Gasteiger partial charge in [-0.25, -0.2) is 4.39 Å². The highest BCUT2D eigenvalue weighted by molar-refractivity contribution is 5.83. The standard InChI is InChI=1S/C25H27FN2O/c1-3-15-28(25(29)24(4-2)21-11-6-5-7-12-21)19-23-14-9-16-27(23)18-20-10-8-13-22(26)17-20/h3,5-14,16-17,24H,1,4,15,18-19H2,2H3. The van der Waals surface area contributed by atoms with Crippen LogP contribution in [0.25, 0.3) is 0 Å². The van der Waals surface area contributed by atoms with Gasteiger partial charge in [-0.1, -0.05) is 55.5 Å². The fourth-order valence-corrected chi connectivity index (χ4v) is 3.62. The van der Waals surface area contributed by atoms with E-state index in [4.69, 9.17) is 0 Å². The molecule has 2 aromatic carbocycles. The Labute approximate surface area is 172 Å². The molecule has 150 valence electrons. The van der Waals surface area contributed by atoms with E-state index in [2.05, 4.69) is 11.1 Å². The molecule has 1 atom stereocenters. The first-order valence-electron chi connectivity index (χ1n) is 9.95. The van der Waals surface area contributed by atoms with Crippen molar-refractivity contribution in [2.75, 3.05) is 6.54 Å². The van der Waals surface area contributed by atoms with E-state index in [0.717, 1.165) is 23.2 Å². The molecule has 0 spiro atoms. The largest absolute Gasteiger partial charge is 0.345 e. The fraction of sp³-hybridized carbons (Fsp3) is 0.240. The maximum Gasteiger partial charge on any atom is 0.230 e. The first-order chi connectivity index (χ1) is 14.1. The van der Waals surface area contributed by atoms with Gasteiger partial charge in [0.15, 0.2) is 0 Å². The summed E-state index contributed by atoms with van der Waals surface area (Å²) in [5, 5.41) is 0. The van der Waals surface area contributed by atoms with E-state index in [1.807, 2.05) is 66.6 Å². The van der Waals surface area contributed by atoms with Gasteiger partial charge in [-0.15, -0.1) is 6.58 Å². The van der Waals surface area contributed by atoms with Crippen LogP contribution in [0, 0.1) is 5.82 Å². The Morgan fingerprint density at radius 3 is 2.62 bits per heavy atom. The number of benzene rings is 2. The van der Waals surface area contributed by atoms with Crippen LogP contribution in [0.1, 0.15) is 36.1 Å². The highest BCUT2D eigenvalue weighted by Gasteiger charge is 2.24. The average Bonchev–Trinajstić information content (AvgIpc) is 3.15. The predicted molar refractivity (Wildman–Crippen MR) is 115 cm³/mol. The number of carbonyl (C=O) groups is 1. The molecule has 0 radical (unpaired) electrons. The molecule has 3 nitrogen and oxygen atoms in total. The summed E-state index contributed by atoms with van der Waals surface area (Å²) in [6.07, 6.45) is 4.46. The van der Waals surface area contributed by atoms with Gasteiger partial charge < -0.3 is 9.47 Å². The van der Waals surface area contributed by atoms with Crippen molar-refractivity contribution in [1.82, 2.24) is 9.47 Å². The molecule has 1 aromatic heterocycles. The minimum atomic E-state index is -0.242. The maximum atomic E-state index is 13.5. The summed E-state index contributed by atoms with van der Waals surface area (Å²) in [5.41, 5.74) is 2.93. The van der Waals surface area contributed by atoms with E-state index in [0.29, 0.717) is 19.6 Å². The topological polar surface area (TPSA) is 25.2 Å². The Morgan fingerprint density at radius 2 is 1.93 bits per heavy atom. The third kappa shape index (κ3) is 5.23. The third-order valence-corrected chi connectivity index (χ3v) is 5.09. The molecule has 1 unspecified atom stereocenters. The average molecular weight is 391 g/mol. The SMILES string of the molecule is C=CCN(Cc1cccn1Cc1cccc(F)c1)C(=O)C(CC)c1ccccc1. The molecule has 0 fully saturated rings. The number of hydrogen-bond donors (Lipinski definition) is 0. The molecular weight excluding hydrogens is 363 g/mol. The summed E-state index contributed by atoms with van der Waals surface area (Å²) in [7, 11) is 0. The molecule has 3 rings (SSSR count). The summed E-state index contributed by atoms with van der Waals surface area (Å²) in [6.45, 7) is 7.39. The second-order valence-corrected chi connectivity index (χ2v) is 7.14. The van der Waals surface area contributed by atoms with Gasteiger partial charge in [0.1, 0.15) is 5.82 Å². The lowest BCUT2D eigenvalue weighted by Gasteiger charge is -2.27. The molecule has 3 aromatic rings. The lowest BCUT2D eigenvalue weighted by molar-refractivity contribution is -0.133. The Kier molecular flexibility index (Phi) is 7.01. The van der Waals surface area contributed by atoms with Gasteiger partial charge in [0.25, 0.3) is 0 Å². The summed E-state index contributed by atoms with van der Waals surface area (Å²) in [4.78, 5) is 15.2. The van der Waals surface area contributed by atoms with Gasteiger partial charge in [-0.3, -0.25) is 4.79 Å². The van der Waals surface area contributed by atoms with Crippen molar-refractivity contribution in [3.63, 3.8) is 0 Å². The molecule has 0 saturated carbocycles. The van der Waals surface area contributed by atoms with Crippen LogP contribution >= 0.6 is 0 Å². The number of nitrogens with zero attached hydrogens (tertiary/aromatic N) is 2. The zero-order chi connectivity index (χ0) is 20.6. The summed E-state index contributed by atoms with van der Waals surface area (Å²) >= 11 is 0. The summed E-state index contributed by atoms with van der Waals surface area (Å²) in [5.74, 6) is -0.326. The first kappa shape index (κ1) is 20.6. The number of carbonyl (C=O) groups excluding carboxylic acids is 1. The van der Waals surface area contributed by atoms with Gasteiger partial charge in [-0.05, 0) is 41.8 Å². The van der Waals surface area contributed by atoms with E-state index in [9.17, 15) is 9.18 Å². The smallest absolute Gasteiger partial charge is 0.230 e. The van der Waals surface area contributed by atoms with Gasteiger partial charge in [-0.2, -0.15) is 0 Å². The molecule has 29 heavy (non-hydrogen) atoms. The molecular formula is C25H27FN2O. The molecule has 4 heteroatoms. The summed E-state index contributed by atoms with van der Waals surface area (Å²) in [6, 6.07) is 20.5. The van der Waals surface area contributed by atoms with Crippen molar-refractivity contribution in [2.24, 2.45) is 0 Å². The predicted octanol–water partition coefficient (Wildman–Crippen LogP) is 5.38. The maximum absolute atomic E-state index is 13.5. The van der Waals surface area contributed by atoms with E-state index in [1.165, 1.54) is 6.07 Å². The molecule has 0 aliphatic rings. The Balaban J connectivity index is 1.80. The van der Waals surface area contributed by atoms with Gasteiger partial charge in [0.05, 0.1) is 12.5 Å². The second-order valence-electron chi connectivity index (χ2n) is 7.14. The van der Waals surface area contributed by atoms with E-state index < -0.39 is 0 Å². The van der Waals surface area contributed by atoms with E-state index in [1.54, 1.807) is 18.2 Å². The Bertz CT molecular complexity index is 948. The zero-order valence-corrected chi connectivity index (χ0v) is 16.8. The van der Waals surface area contributed by atoms with Crippen molar-refractivity contribution in [3.05, 3.63) is 108 Å². The Morgan fingerprint density at radius 1 is 1.14 bits per heavy atom. The minimum absolute atomic E-state index is 0.0945. The quantitative estimate of drug-likeness (QED) is 0.450. The fourth-order valence-electron chi connectivity index (χ4n) is 3.62. The van der Waals surface area contributed by atoms with Crippen LogP contribution in [0.15, 0.2) is 85.6 Å². The molecule has 0 saturated heterocycles.